The van der Waals surface area contributed by atoms with Crippen LogP contribution in [-0.2, 0) is 5.41 Å². The van der Waals surface area contributed by atoms with Crippen molar-refractivity contribution in [3.63, 3.8) is 0 Å². The molecule has 0 atom stereocenters. The van der Waals surface area contributed by atoms with Crippen molar-refractivity contribution in [1.82, 2.24) is 0 Å². The second-order valence-corrected chi connectivity index (χ2v) is 28.8. The van der Waals surface area contributed by atoms with Crippen LogP contribution in [0.15, 0.2) is 158 Å². The SMILES string of the molecule is [2H-].[C-]#[N+]c1ccc(N(c2ccc([Si](C)(C)C)cc2)c2ccc3c(c2)C(C)(C)c2cc(/C=C/c4ccc(N(c5ccc(C#N)cc5)c5ccc([Si](C)(C)C)cc5)cc4)ccc2-3)cc1. The van der Waals surface area contributed by atoms with Crippen LogP contribution in [0.25, 0.3) is 28.1 Å². The largest absolute Gasteiger partial charge is 1.00 e. The first kappa shape index (κ1) is 41.0. The second-order valence-electron chi connectivity index (χ2n) is 18.6. The van der Waals surface area contributed by atoms with Crippen molar-refractivity contribution in [3.8, 4) is 17.2 Å². The standard InChI is InChI=1S/C55H52N4Si2.H/c1-55(2)53-36-40(11-10-39-12-19-43(20-13-39)58(44-21-14-41(38-56)15-22-44)46-25-30-49(31-26-46)60(4,5)6)16-34-51(53)52-35-29-48(37-54(52)55)59(45-23-17-42(57-3)18-24-45)47-27-32-50(33-28-47)61(7,8)9;/h10-37H,1-2,4-9H3;/q;-1/b11-10+;/i;1+1. The zero-order valence-corrected chi connectivity index (χ0v) is 38.5. The molecule has 7 aromatic rings. The van der Waals surface area contributed by atoms with E-state index in [-0.39, 0.29) is 6.84 Å². The highest BCUT2D eigenvalue weighted by molar-refractivity contribution is 6.89. The average Bonchev–Trinajstić information content (AvgIpc) is 3.48. The lowest BCUT2D eigenvalue weighted by Crippen LogP contribution is -2.37. The molecular formula is C55H53N4Si2-. The third-order valence-electron chi connectivity index (χ3n) is 12.0. The van der Waals surface area contributed by atoms with Crippen molar-refractivity contribution in [1.29, 1.82) is 5.26 Å². The smallest absolute Gasteiger partial charge is 0.187 e. The molecular weight excluding hydrogens is 773 g/mol. The van der Waals surface area contributed by atoms with Gasteiger partial charge in [0.05, 0.1) is 34.4 Å². The first-order valence-electron chi connectivity index (χ1n) is 21.0. The highest BCUT2D eigenvalue weighted by atomic mass is 28.3. The van der Waals surface area contributed by atoms with E-state index in [4.69, 9.17) is 6.57 Å². The number of rotatable bonds is 10. The van der Waals surface area contributed by atoms with Crippen LogP contribution in [0.3, 0.4) is 0 Å². The summed E-state index contributed by atoms with van der Waals surface area (Å²) in [6.45, 7) is 26.4. The fourth-order valence-corrected chi connectivity index (χ4v) is 10.7. The Balaban J connectivity index is 0.00000578. The number of hydrogen-bond donors (Lipinski definition) is 0. The van der Waals surface area contributed by atoms with Gasteiger partial charge >= 0.3 is 0 Å². The van der Waals surface area contributed by atoms with Crippen molar-refractivity contribution in [2.45, 2.75) is 58.5 Å². The first-order valence-corrected chi connectivity index (χ1v) is 28.0. The summed E-state index contributed by atoms with van der Waals surface area (Å²) < 4.78 is 0. The third kappa shape index (κ3) is 8.26. The lowest BCUT2D eigenvalue weighted by molar-refractivity contribution is 0.660. The van der Waals surface area contributed by atoms with Crippen LogP contribution in [0, 0.1) is 17.9 Å². The highest BCUT2D eigenvalue weighted by Crippen LogP contribution is 2.51. The fraction of sp³-hybridized carbons (Fsp3) is 0.164. The maximum atomic E-state index is 9.45. The van der Waals surface area contributed by atoms with E-state index in [0.29, 0.717) is 11.3 Å². The van der Waals surface area contributed by atoms with Crippen LogP contribution in [0.1, 0.15) is 43.1 Å². The molecule has 0 N–H and O–H groups in total. The minimum Gasteiger partial charge on any atom is -1.00 e. The Morgan fingerprint density at radius 3 is 1.36 bits per heavy atom. The van der Waals surface area contributed by atoms with Gasteiger partial charge in [-0.1, -0.05) is 148 Å². The molecule has 8 rings (SSSR count). The van der Waals surface area contributed by atoms with E-state index >= 15 is 0 Å². The lowest BCUT2D eigenvalue weighted by Gasteiger charge is -2.29. The van der Waals surface area contributed by atoms with Gasteiger partial charge in [-0.15, -0.1) is 0 Å². The number of benzene rings is 7. The molecule has 0 bridgehead atoms. The molecule has 0 saturated carbocycles. The summed E-state index contributed by atoms with van der Waals surface area (Å²) >= 11 is 0. The van der Waals surface area contributed by atoms with Crippen LogP contribution in [-0.4, -0.2) is 16.1 Å². The number of fused-ring (bicyclic) bond motifs is 3. The molecule has 6 heteroatoms. The van der Waals surface area contributed by atoms with Gasteiger partial charge in [-0.05, 0) is 118 Å². The van der Waals surface area contributed by atoms with Crippen LogP contribution in [0.5, 0.6) is 0 Å². The zero-order valence-electron chi connectivity index (χ0n) is 37.5. The Hall–Kier alpha value is -6.71. The molecule has 1 aliphatic rings. The molecule has 0 aliphatic heterocycles. The van der Waals surface area contributed by atoms with Crippen LogP contribution in [0.2, 0.25) is 39.3 Å². The van der Waals surface area contributed by atoms with Gasteiger partial charge in [0, 0.05) is 39.5 Å². The van der Waals surface area contributed by atoms with Crippen molar-refractivity contribution >= 4 is 78.5 Å². The molecule has 61 heavy (non-hydrogen) atoms. The molecule has 0 fully saturated rings. The second kappa shape index (κ2) is 16.0. The van der Waals surface area contributed by atoms with Gasteiger partial charge in [0.2, 0.25) is 0 Å². The molecule has 4 nitrogen and oxygen atoms in total. The van der Waals surface area contributed by atoms with E-state index in [1.807, 2.05) is 36.4 Å². The molecule has 0 saturated heterocycles. The minimum atomic E-state index is -1.47. The summed E-state index contributed by atoms with van der Waals surface area (Å²) in [6, 6.07) is 58.5. The van der Waals surface area contributed by atoms with Crippen LogP contribution in [0.4, 0.5) is 39.8 Å². The Morgan fingerprint density at radius 1 is 0.508 bits per heavy atom. The van der Waals surface area contributed by atoms with Gasteiger partial charge in [0.15, 0.2) is 5.69 Å². The zero-order chi connectivity index (χ0) is 43.1. The van der Waals surface area contributed by atoms with Gasteiger partial charge in [-0.3, -0.25) is 0 Å². The van der Waals surface area contributed by atoms with E-state index in [1.54, 1.807) is 0 Å². The van der Waals surface area contributed by atoms with E-state index in [2.05, 4.69) is 207 Å². The Kier molecular flexibility index (Phi) is 10.8. The van der Waals surface area contributed by atoms with Crippen molar-refractivity contribution in [3.05, 3.63) is 197 Å². The first-order chi connectivity index (χ1) is 29.1. The van der Waals surface area contributed by atoms with Crippen molar-refractivity contribution < 1.29 is 1.43 Å². The lowest BCUT2D eigenvalue weighted by atomic mass is 9.81. The predicted molar refractivity (Wildman–Crippen MR) is 267 cm³/mol. The Bertz CT molecular complexity index is 2840. The summed E-state index contributed by atoms with van der Waals surface area (Å²) in [5, 5.41) is 12.3. The molecule has 1 aliphatic carbocycles. The number of nitrogens with zero attached hydrogens (tertiary/aromatic N) is 4. The van der Waals surface area contributed by atoms with E-state index in [1.165, 1.54) is 32.6 Å². The van der Waals surface area contributed by atoms with Crippen LogP contribution < -0.4 is 20.2 Å². The molecule has 0 radical (unpaired) electrons. The molecule has 7 aromatic carbocycles. The maximum absolute atomic E-state index is 9.45. The molecule has 0 amide bonds. The monoisotopic (exact) mass is 826 g/mol. The van der Waals surface area contributed by atoms with Gasteiger partial charge in [-0.2, -0.15) is 5.26 Å². The summed E-state index contributed by atoms with van der Waals surface area (Å²) in [4.78, 5) is 8.21. The summed E-state index contributed by atoms with van der Waals surface area (Å²) in [5.74, 6) is 0. The Labute approximate surface area is 366 Å². The average molecular weight is 827 g/mol. The summed E-state index contributed by atoms with van der Waals surface area (Å²) in [5.41, 5.74) is 14.9. The molecule has 0 spiro atoms. The van der Waals surface area contributed by atoms with Gasteiger partial charge in [0.25, 0.3) is 0 Å². The fourth-order valence-electron chi connectivity index (χ4n) is 8.39. The number of hydrogen-bond acceptors (Lipinski definition) is 3. The molecule has 302 valence electrons. The third-order valence-corrected chi connectivity index (χ3v) is 16.2. The van der Waals surface area contributed by atoms with E-state index < -0.39 is 16.1 Å². The normalized spacial score (nSPS) is 13.0. The van der Waals surface area contributed by atoms with Crippen molar-refractivity contribution in [2.75, 3.05) is 9.80 Å². The number of anilines is 6. The van der Waals surface area contributed by atoms with Gasteiger partial charge in [-0.25, -0.2) is 4.85 Å². The van der Waals surface area contributed by atoms with E-state index in [9.17, 15) is 5.26 Å². The topological polar surface area (TPSA) is 34.6 Å². The molecule has 0 unspecified atom stereocenters. The summed E-state index contributed by atoms with van der Waals surface area (Å²) in [7, 11) is -2.91. The minimum absolute atomic E-state index is 0. The Morgan fingerprint density at radius 2 is 0.885 bits per heavy atom. The van der Waals surface area contributed by atoms with E-state index in [0.717, 1.165) is 45.3 Å². The van der Waals surface area contributed by atoms with Gasteiger partial charge < -0.3 is 11.2 Å². The highest BCUT2D eigenvalue weighted by Gasteiger charge is 2.36. The summed E-state index contributed by atoms with van der Waals surface area (Å²) in [6.07, 6.45) is 4.41. The van der Waals surface area contributed by atoms with Crippen LogP contribution >= 0.6 is 0 Å². The van der Waals surface area contributed by atoms with Crippen molar-refractivity contribution in [2.24, 2.45) is 0 Å². The number of nitriles is 1. The quantitative estimate of drug-likeness (QED) is 0.0783. The molecule has 0 heterocycles. The van der Waals surface area contributed by atoms with Gasteiger partial charge in [0.1, 0.15) is 0 Å². The molecule has 0 aromatic heterocycles. The predicted octanol–water partition coefficient (Wildman–Crippen LogP) is 14.7. The maximum Gasteiger partial charge on any atom is 0.187 e.